The van der Waals surface area contributed by atoms with Crippen LogP contribution in [0.15, 0.2) is 27.9 Å². The average Bonchev–Trinajstić information content (AvgIpc) is 2.54. The Morgan fingerprint density at radius 2 is 1.92 bits per heavy atom. The molecule has 8 heteroatoms. The maximum absolute atomic E-state index is 12.8. The van der Waals surface area contributed by atoms with Crippen molar-refractivity contribution >= 4 is 29.1 Å². The van der Waals surface area contributed by atoms with Gasteiger partial charge in [-0.25, -0.2) is 4.79 Å². The Bertz CT molecular complexity index is 949. The summed E-state index contributed by atoms with van der Waals surface area (Å²) in [6.45, 7) is 2.32. The van der Waals surface area contributed by atoms with E-state index < -0.39 is 17.2 Å². The SMILES string of the molecule is C[C@H]1c2cc(Cl)c(Cl)cc2CCN1C(=O)c1c[nH]c(=O)n(C)c1=O. The minimum Gasteiger partial charge on any atom is -0.331 e. The second kappa shape index (κ2) is 6.11. The zero-order chi connectivity index (χ0) is 17.6. The van der Waals surface area contributed by atoms with Crippen molar-refractivity contribution in [3.05, 3.63) is 65.9 Å². The van der Waals surface area contributed by atoms with Gasteiger partial charge in [0.1, 0.15) is 5.56 Å². The third-order valence-corrected chi connectivity index (χ3v) is 5.11. The molecule has 126 valence electrons. The van der Waals surface area contributed by atoms with Gasteiger partial charge in [-0.15, -0.1) is 0 Å². The first-order valence-electron chi connectivity index (χ1n) is 7.38. The van der Waals surface area contributed by atoms with Crippen molar-refractivity contribution in [2.24, 2.45) is 7.05 Å². The van der Waals surface area contributed by atoms with Gasteiger partial charge in [-0.2, -0.15) is 0 Å². The molecule has 0 aliphatic carbocycles. The second-order valence-electron chi connectivity index (χ2n) is 5.76. The van der Waals surface area contributed by atoms with Crippen LogP contribution in [0.5, 0.6) is 0 Å². The van der Waals surface area contributed by atoms with Crippen LogP contribution in [0.2, 0.25) is 10.0 Å². The number of aromatic nitrogens is 2. The molecular formula is C16H15Cl2N3O3. The molecule has 1 aromatic carbocycles. The maximum Gasteiger partial charge on any atom is 0.328 e. The van der Waals surface area contributed by atoms with Crippen LogP contribution in [0.1, 0.15) is 34.5 Å². The topological polar surface area (TPSA) is 75.2 Å². The lowest BCUT2D eigenvalue weighted by Crippen LogP contribution is -2.44. The zero-order valence-electron chi connectivity index (χ0n) is 13.1. The molecule has 24 heavy (non-hydrogen) atoms. The summed E-state index contributed by atoms with van der Waals surface area (Å²) in [5.74, 6) is -0.420. The van der Waals surface area contributed by atoms with Crippen molar-refractivity contribution in [2.75, 3.05) is 6.54 Å². The molecule has 1 atom stereocenters. The van der Waals surface area contributed by atoms with Crippen LogP contribution in [0.4, 0.5) is 0 Å². The van der Waals surface area contributed by atoms with Gasteiger partial charge in [0.15, 0.2) is 0 Å². The second-order valence-corrected chi connectivity index (χ2v) is 6.58. The van der Waals surface area contributed by atoms with E-state index in [0.29, 0.717) is 23.0 Å². The first-order chi connectivity index (χ1) is 11.3. The number of rotatable bonds is 1. The Morgan fingerprint density at radius 3 is 2.62 bits per heavy atom. The number of hydrogen-bond acceptors (Lipinski definition) is 3. The van der Waals surface area contributed by atoms with E-state index in [2.05, 4.69) is 4.98 Å². The highest BCUT2D eigenvalue weighted by molar-refractivity contribution is 6.42. The number of carbonyl (C=O) groups is 1. The highest BCUT2D eigenvalue weighted by atomic mass is 35.5. The van der Waals surface area contributed by atoms with Crippen molar-refractivity contribution in [3.8, 4) is 0 Å². The third-order valence-electron chi connectivity index (χ3n) is 4.39. The summed E-state index contributed by atoms with van der Waals surface area (Å²) in [6, 6.07) is 3.32. The van der Waals surface area contributed by atoms with Gasteiger partial charge in [-0.1, -0.05) is 23.2 Å². The standard InChI is InChI=1S/C16H15Cl2N3O3/c1-8-10-6-13(18)12(17)5-9(10)3-4-21(8)15(23)11-7-19-16(24)20(2)14(11)22/h5-8H,3-4H2,1-2H3,(H,19,24)/t8-/m0/s1. The molecule has 2 aromatic rings. The van der Waals surface area contributed by atoms with Crippen LogP contribution in [-0.2, 0) is 13.5 Å². The van der Waals surface area contributed by atoms with E-state index in [1.807, 2.05) is 13.0 Å². The Kier molecular flexibility index (Phi) is 4.27. The molecule has 0 fully saturated rings. The van der Waals surface area contributed by atoms with Crippen molar-refractivity contribution in [3.63, 3.8) is 0 Å². The predicted molar refractivity (Wildman–Crippen MR) is 91.9 cm³/mol. The summed E-state index contributed by atoms with van der Waals surface area (Å²) >= 11 is 12.1. The number of hydrogen-bond donors (Lipinski definition) is 1. The number of nitrogens with one attached hydrogen (secondary N) is 1. The monoisotopic (exact) mass is 367 g/mol. The lowest BCUT2D eigenvalue weighted by atomic mass is 9.93. The van der Waals surface area contributed by atoms with Crippen molar-refractivity contribution < 1.29 is 4.79 Å². The first kappa shape index (κ1) is 16.8. The van der Waals surface area contributed by atoms with Crippen molar-refractivity contribution in [1.82, 2.24) is 14.5 Å². The first-order valence-corrected chi connectivity index (χ1v) is 8.14. The molecule has 0 radical (unpaired) electrons. The van der Waals surface area contributed by atoms with E-state index in [9.17, 15) is 14.4 Å². The number of H-pyrrole nitrogens is 1. The molecule has 1 N–H and O–H groups in total. The van der Waals surface area contributed by atoms with Gasteiger partial charge in [-0.3, -0.25) is 14.2 Å². The number of nitrogens with zero attached hydrogens (tertiary/aromatic N) is 2. The van der Waals surface area contributed by atoms with E-state index in [-0.39, 0.29) is 11.6 Å². The van der Waals surface area contributed by atoms with E-state index in [0.717, 1.165) is 15.7 Å². The summed E-state index contributed by atoms with van der Waals surface area (Å²) in [7, 11) is 1.33. The molecule has 6 nitrogen and oxygen atoms in total. The van der Waals surface area contributed by atoms with Crippen LogP contribution >= 0.6 is 23.2 Å². The van der Waals surface area contributed by atoms with Crippen LogP contribution in [0.3, 0.4) is 0 Å². The van der Waals surface area contributed by atoms with Crippen molar-refractivity contribution in [1.29, 1.82) is 0 Å². The summed E-state index contributed by atoms with van der Waals surface area (Å²) in [5.41, 5.74) is 0.707. The average molecular weight is 368 g/mol. The summed E-state index contributed by atoms with van der Waals surface area (Å²) in [6.07, 6.45) is 1.79. The molecular weight excluding hydrogens is 353 g/mol. The molecule has 1 aromatic heterocycles. The summed E-state index contributed by atoms with van der Waals surface area (Å²) < 4.78 is 0.881. The fourth-order valence-corrected chi connectivity index (χ4v) is 3.32. The quantitative estimate of drug-likeness (QED) is 0.838. The van der Waals surface area contributed by atoms with E-state index in [1.165, 1.54) is 13.2 Å². The van der Waals surface area contributed by atoms with Gasteiger partial charge >= 0.3 is 5.69 Å². The molecule has 1 aliphatic heterocycles. The van der Waals surface area contributed by atoms with Crippen LogP contribution in [0.25, 0.3) is 0 Å². The van der Waals surface area contributed by atoms with E-state index >= 15 is 0 Å². The Hall–Kier alpha value is -2.05. The fourth-order valence-electron chi connectivity index (χ4n) is 2.96. The van der Waals surface area contributed by atoms with Crippen LogP contribution in [-0.4, -0.2) is 26.9 Å². The predicted octanol–water partition coefficient (Wildman–Crippen LogP) is 2.14. The fraction of sp³-hybridized carbons (Fsp3) is 0.312. The highest BCUT2D eigenvalue weighted by Crippen LogP contribution is 2.35. The smallest absolute Gasteiger partial charge is 0.328 e. The minimum absolute atomic E-state index is 0.0625. The number of fused-ring (bicyclic) bond motifs is 1. The minimum atomic E-state index is -0.615. The molecule has 2 heterocycles. The molecule has 0 bridgehead atoms. The molecule has 0 unspecified atom stereocenters. The molecule has 1 amide bonds. The van der Waals surface area contributed by atoms with Gasteiger partial charge in [0, 0.05) is 19.8 Å². The van der Waals surface area contributed by atoms with Gasteiger partial charge < -0.3 is 9.88 Å². The molecule has 0 saturated carbocycles. The van der Waals surface area contributed by atoms with Gasteiger partial charge in [0.25, 0.3) is 11.5 Å². The zero-order valence-corrected chi connectivity index (χ0v) is 14.6. The lowest BCUT2D eigenvalue weighted by molar-refractivity contribution is 0.0674. The number of amides is 1. The largest absolute Gasteiger partial charge is 0.331 e. The summed E-state index contributed by atoms with van der Waals surface area (Å²) in [4.78, 5) is 40.4. The van der Waals surface area contributed by atoms with Crippen LogP contribution < -0.4 is 11.2 Å². The lowest BCUT2D eigenvalue weighted by Gasteiger charge is -2.35. The van der Waals surface area contributed by atoms with Gasteiger partial charge in [0.05, 0.1) is 16.1 Å². The maximum atomic E-state index is 12.8. The Labute approximate surface area is 147 Å². The molecule has 1 aliphatic rings. The Balaban J connectivity index is 2.01. The van der Waals surface area contributed by atoms with Crippen LogP contribution in [0, 0.1) is 0 Å². The van der Waals surface area contributed by atoms with Gasteiger partial charge in [0.2, 0.25) is 0 Å². The molecule has 3 rings (SSSR count). The summed E-state index contributed by atoms with van der Waals surface area (Å²) in [5, 5.41) is 0.911. The number of carbonyl (C=O) groups excluding carboxylic acids is 1. The van der Waals surface area contributed by atoms with Gasteiger partial charge in [-0.05, 0) is 36.6 Å². The normalized spacial score (nSPS) is 16.8. The Morgan fingerprint density at radius 1 is 1.25 bits per heavy atom. The number of aromatic amines is 1. The van der Waals surface area contributed by atoms with Crippen molar-refractivity contribution in [2.45, 2.75) is 19.4 Å². The van der Waals surface area contributed by atoms with E-state index in [1.54, 1.807) is 11.0 Å². The molecule has 0 saturated heterocycles. The highest BCUT2D eigenvalue weighted by Gasteiger charge is 2.30. The number of halogens is 2. The van der Waals surface area contributed by atoms with E-state index in [4.69, 9.17) is 23.2 Å². The molecule has 0 spiro atoms. The number of benzene rings is 1. The third kappa shape index (κ3) is 2.65.